The molecule has 3 aromatic rings. The molecule has 152 valence electrons. The monoisotopic (exact) mass is 450 g/mol. The van der Waals surface area contributed by atoms with Crippen LogP contribution in [0.3, 0.4) is 0 Å². The topological polar surface area (TPSA) is 84.3 Å². The number of rotatable bonds is 6. The lowest BCUT2D eigenvalue weighted by atomic mass is 10.2. The summed E-state index contributed by atoms with van der Waals surface area (Å²) in [6.07, 6.45) is 3.51. The van der Waals surface area contributed by atoms with Crippen LogP contribution in [-0.2, 0) is 17.1 Å². The number of nitrogens with zero attached hydrogens (tertiary/aromatic N) is 3. The molecule has 1 heterocycles. The lowest BCUT2D eigenvalue weighted by Crippen LogP contribution is -2.22. The lowest BCUT2D eigenvalue weighted by Gasteiger charge is -2.13. The van der Waals surface area contributed by atoms with Crippen molar-refractivity contribution >= 4 is 45.0 Å². The van der Waals surface area contributed by atoms with Gasteiger partial charge in [-0.15, -0.1) is 0 Å². The number of nitrogens with one attached hydrogen (secondary N) is 1. The summed E-state index contributed by atoms with van der Waals surface area (Å²) in [5.74, 6) is -0.440. The Morgan fingerprint density at radius 2 is 1.97 bits per heavy atom. The van der Waals surface area contributed by atoms with Gasteiger partial charge in [0.15, 0.2) is 5.16 Å². The van der Waals surface area contributed by atoms with Crippen molar-refractivity contribution < 1.29 is 13.2 Å². The van der Waals surface area contributed by atoms with Crippen molar-refractivity contribution in [3.63, 3.8) is 0 Å². The van der Waals surface area contributed by atoms with Crippen LogP contribution in [0, 0.1) is 0 Å². The van der Waals surface area contributed by atoms with Gasteiger partial charge < -0.3 is 9.88 Å². The predicted octanol–water partition coefficient (Wildman–Crippen LogP) is 3.73. The van der Waals surface area contributed by atoms with E-state index in [1.54, 1.807) is 30.5 Å². The number of carbonyl (C=O) groups excluding carboxylic acids is 1. The van der Waals surface area contributed by atoms with Gasteiger partial charge in [-0.05, 0) is 48.2 Å². The minimum absolute atomic E-state index is 0.0452. The third kappa shape index (κ3) is 4.81. The Balaban J connectivity index is 1.90. The molecule has 1 aromatic heterocycles. The third-order valence-corrected chi connectivity index (χ3v) is 7.24. The van der Waals surface area contributed by atoms with Gasteiger partial charge in [0, 0.05) is 49.0 Å². The molecule has 29 heavy (non-hydrogen) atoms. The number of hydrogen-bond donors (Lipinski definition) is 1. The molecule has 1 amide bonds. The maximum atomic E-state index is 12.8. The van der Waals surface area contributed by atoms with Crippen molar-refractivity contribution in [2.45, 2.75) is 14.9 Å². The van der Waals surface area contributed by atoms with Gasteiger partial charge in [0.05, 0.1) is 10.6 Å². The minimum atomic E-state index is -3.64. The van der Waals surface area contributed by atoms with E-state index < -0.39 is 15.9 Å². The number of benzene rings is 2. The van der Waals surface area contributed by atoms with E-state index in [1.807, 2.05) is 17.8 Å². The van der Waals surface area contributed by atoms with Crippen LogP contribution in [0.5, 0.6) is 0 Å². The standard InChI is InChI=1S/C19H19ClN4O3S2/c1-23(2)29(26,27)15-6-4-5-13(11-15)18(25)22-16-12-14(20)7-8-17(16)28-19-21-9-10-24(19)3/h4-12H,1-3H3,(H,22,25). The van der Waals surface area contributed by atoms with Gasteiger partial charge in [-0.1, -0.05) is 17.7 Å². The first-order chi connectivity index (χ1) is 13.7. The number of anilines is 1. The smallest absolute Gasteiger partial charge is 0.255 e. The average Bonchev–Trinajstić information content (AvgIpc) is 3.08. The Morgan fingerprint density at radius 1 is 1.21 bits per heavy atom. The van der Waals surface area contributed by atoms with Crippen molar-refractivity contribution in [2.75, 3.05) is 19.4 Å². The Hall–Kier alpha value is -2.33. The average molecular weight is 451 g/mol. The van der Waals surface area contributed by atoms with Crippen LogP contribution in [0.2, 0.25) is 5.02 Å². The zero-order valence-corrected chi connectivity index (χ0v) is 18.3. The molecule has 0 aliphatic heterocycles. The summed E-state index contributed by atoms with van der Waals surface area (Å²) in [6, 6.07) is 11.1. The van der Waals surface area contributed by atoms with Crippen LogP contribution in [0.1, 0.15) is 10.4 Å². The van der Waals surface area contributed by atoms with Gasteiger partial charge >= 0.3 is 0 Å². The SMILES string of the molecule is CN(C)S(=O)(=O)c1cccc(C(=O)Nc2cc(Cl)ccc2Sc2nccn2C)c1. The number of imidazole rings is 1. The Morgan fingerprint density at radius 3 is 2.62 bits per heavy atom. The van der Waals surface area contributed by atoms with Crippen molar-refractivity contribution in [1.29, 1.82) is 0 Å². The van der Waals surface area contributed by atoms with Crippen LogP contribution in [0.4, 0.5) is 5.69 Å². The highest BCUT2D eigenvalue weighted by molar-refractivity contribution is 7.99. The van der Waals surface area contributed by atoms with Gasteiger partial charge in [0.2, 0.25) is 10.0 Å². The van der Waals surface area contributed by atoms with Crippen molar-refractivity contribution in [3.8, 4) is 0 Å². The number of sulfonamides is 1. The molecular formula is C19H19ClN4O3S2. The van der Waals surface area contributed by atoms with E-state index in [4.69, 9.17) is 11.6 Å². The van der Waals surface area contributed by atoms with E-state index in [-0.39, 0.29) is 10.5 Å². The molecule has 0 radical (unpaired) electrons. The van der Waals surface area contributed by atoms with E-state index in [2.05, 4.69) is 10.3 Å². The number of hydrogen-bond acceptors (Lipinski definition) is 5. The van der Waals surface area contributed by atoms with E-state index in [9.17, 15) is 13.2 Å². The van der Waals surface area contributed by atoms with Gasteiger partial charge in [0.1, 0.15) is 0 Å². The van der Waals surface area contributed by atoms with Gasteiger partial charge in [-0.25, -0.2) is 17.7 Å². The molecule has 0 fully saturated rings. The van der Waals surface area contributed by atoms with E-state index in [0.29, 0.717) is 10.7 Å². The highest BCUT2D eigenvalue weighted by Crippen LogP contribution is 2.34. The highest BCUT2D eigenvalue weighted by atomic mass is 35.5. The fourth-order valence-corrected chi connectivity index (χ4v) is 4.43. The third-order valence-electron chi connectivity index (χ3n) is 4.04. The summed E-state index contributed by atoms with van der Waals surface area (Å²) in [5, 5.41) is 4.04. The van der Waals surface area contributed by atoms with E-state index in [1.165, 1.54) is 44.1 Å². The number of amides is 1. The first kappa shape index (κ1) is 21.4. The zero-order valence-electron chi connectivity index (χ0n) is 16.0. The molecule has 0 atom stereocenters. The van der Waals surface area contributed by atoms with Crippen LogP contribution < -0.4 is 5.32 Å². The normalized spacial score (nSPS) is 11.6. The molecule has 0 spiro atoms. The first-order valence-electron chi connectivity index (χ1n) is 8.47. The Bertz CT molecular complexity index is 1160. The fourth-order valence-electron chi connectivity index (χ4n) is 2.44. The van der Waals surface area contributed by atoms with Gasteiger partial charge in [-0.2, -0.15) is 0 Å². The maximum Gasteiger partial charge on any atom is 0.255 e. The van der Waals surface area contributed by atoms with E-state index >= 15 is 0 Å². The summed E-state index contributed by atoms with van der Waals surface area (Å²) in [4.78, 5) is 17.9. The second-order valence-corrected chi connectivity index (χ2v) is 9.93. The summed E-state index contributed by atoms with van der Waals surface area (Å²) in [6.45, 7) is 0. The Kier molecular flexibility index (Phi) is 6.33. The molecule has 10 heteroatoms. The molecule has 7 nitrogen and oxygen atoms in total. The molecule has 2 aromatic carbocycles. The van der Waals surface area contributed by atoms with Crippen LogP contribution in [0.25, 0.3) is 0 Å². The number of carbonyl (C=O) groups is 1. The summed E-state index contributed by atoms with van der Waals surface area (Å²) in [7, 11) is 1.11. The molecule has 3 rings (SSSR count). The molecule has 0 aliphatic carbocycles. The molecule has 0 saturated carbocycles. The second kappa shape index (κ2) is 8.58. The second-order valence-electron chi connectivity index (χ2n) is 6.33. The fraction of sp³-hybridized carbons (Fsp3) is 0.158. The molecule has 0 saturated heterocycles. The quantitative estimate of drug-likeness (QED) is 0.618. The molecule has 0 unspecified atom stereocenters. The van der Waals surface area contributed by atoms with E-state index in [0.717, 1.165) is 14.4 Å². The minimum Gasteiger partial charge on any atom is -0.329 e. The lowest BCUT2D eigenvalue weighted by molar-refractivity contribution is 0.102. The summed E-state index contributed by atoms with van der Waals surface area (Å²) in [5.41, 5.74) is 0.734. The molecule has 0 aliphatic rings. The predicted molar refractivity (Wildman–Crippen MR) is 114 cm³/mol. The number of aryl methyl sites for hydroxylation is 1. The van der Waals surface area contributed by atoms with Gasteiger partial charge in [-0.3, -0.25) is 4.79 Å². The summed E-state index contributed by atoms with van der Waals surface area (Å²) >= 11 is 7.49. The van der Waals surface area contributed by atoms with Crippen LogP contribution in [-0.4, -0.2) is 42.3 Å². The molecule has 1 N–H and O–H groups in total. The maximum absolute atomic E-state index is 12.8. The van der Waals surface area contributed by atoms with Crippen LogP contribution >= 0.6 is 23.4 Å². The highest BCUT2D eigenvalue weighted by Gasteiger charge is 2.19. The number of halogens is 1. The van der Waals surface area contributed by atoms with Crippen molar-refractivity contribution in [3.05, 3.63) is 65.4 Å². The summed E-state index contributed by atoms with van der Waals surface area (Å²) < 4.78 is 27.6. The van der Waals surface area contributed by atoms with Gasteiger partial charge in [0.25, 0.3) is 5.91 Å². The first-order valence-corrected chi connectivity index (χ1v) is 11.1. The van der Waals surface area contributed by atoms with Crippen LogP contribution in [0.15, 0.2) is 69.8 Å². The molecule has 0 bridgehead atoms. The molecular weight excluding hydrogens is 432 g/mol. The Labute approximate surface area is 178 Å². The largest absolute Gasteiger partial charge is 0.329 e. The van der Waals surface area contributed by atoms with Crippen molar-refractivity contribution in [2.24, 2.45) is 7.05 Å². The van der Waals surface area contributed by atoms with Crippen molar-refractivity contribution in [1.82, 2.24) is 13.9 Å². The number of aromatic nitrogens is 2. The zero-order chi connectivity index (χ0) is 21.2.